The van der Waals surface area contributed by atoms with E-state index in [0.717, 1.165) is 18.6 Å². The summed E-state index contributed by atoms with van der Waals surface area (Å²) in [6.07, 6.45) is 0. The van der Waals surface area contributed by atoms with E-state index in [9.17, 15) is 0 Å². The summed E-state index contributed by atoms with van der Waals surface area (Å²) in [5.74, 6) is 0.502. The fraction of sp³-hybridized carbons (Fsp3) is 0.417. The van der Waals surface area contributed by atoms with Gasteiger partial charge in [0.2, 0.25) is 0 Å². The smallest absolute Gasteiger partial charge is 0.0979 e. The van der Waals surface area contributed by atoms with Crippen molar-refractivity contribution in [1.29, 1.82) is 0 Å². The van der Waals surface area contributed by atoms with Gasteiger partial charge in [-0.1, -0.05) is 26.0 Å². The minimum absolute atomic E-state index is 0.502. The van der Waals surface area contributed by atoms with Crippen LogP contribution in [0, 0.1) is 0 Å². The van der Waals surface area contributed by atoms with Gasteiger partial charge in [-0.05, 0) is 18.7 Å². The zero-order chi connectivity index (χ0) is 10.7. The van der Waals surface area contributed by atoms with Crippen LogP contribution in [0.4, 0.5) is 0 Å². The summed E-state index contributed by atoms with van der Waals surface area (Å²) in [6.45, 7) is 6.39. The second kappa shape index (κ2) is 4.73. The van der Waals surface area contributed by atoms with E-state index in [2.05, 4.69) is 42.3 Å². The second-order valence-electron chi connectivity index (χ2n) is 3.73. The van der Waals surface area contributed by atoms with E-state index in [1.165, 1.54) is 9.71 Å². The van der Waals surface area contributed by atoms with E-state index in [4.69, 9.17) is 0 Å². The third-order valence-corrected chi connectivity index (χ3v) is 3.70. The largest absolute Gasteiger partial charge is 0.316 e. The Hall–Kier alpha value is -0.930. The second-order valence-corrected chi connectivity index (χ2v) is 4.79. The van der Waals surface area contributed by atoms with Gasteiger partial charge in [0.1, 0.15) is 0 Å². The van der Waals surface area contributed by atoms with Gasteiger partial charge in [-0.25, -0.2) is 4.98 Å². The molecule has 0 aliphatic rings. The molecule has 15 heavy (non-hydrogen) atoms. The topological polar surface area (TPSA) is 24.9 Å². The highest BCUT2D eigenvalue weighted by Gasteiger charge is 2.10. The SMILES string of the molecule is CCNCC(C)c1nc2ccccc2s1. The van der Waals surface area contributed by atoms with Crippen LogP contribution < -0.4 is 5.32 Å². The molecule has 2 nitrogen and oxygen atoms in total. The zero-order valence-corrected chi connectivity index (χ0v) is 9.97. The van der Waals surface area contributed by atoms with Crippen LogP contribution in [-0.2, 0) is 0 Å². The number of rotatable bonds is 4. The molecular weight excluding hydrogens is 204 g/mol. The van der Waals surface area contributed by atoms with Crippen molar-refractivity contribution in [3.63, 3.8) is 0 Å². The molecule has 0 amide bonds. The molecule has 1 N–H and O–H groups in total. The third kappa shape index (κ3) is 2.36. The van der Waals surface area contributed by atoms with Gasteiger partial charge in [0, 0.05) is 12.5 Å². The van der Waals surface area contributed by atoms with Crippen molar-refractivity contribution >= 4 is 21.6 Å². The summed E-state index contributed by atoms with van der Waals surface area (Å²) in [5, 5.41) is 4.59. The van der Waals surface area contributed by atoms with Crippen molar-refractivity contribution in [3.05, 3.63) is 29.3 Å². The van der Waals surface area contributed by atoms with E-state index in [0.29, 0.717) is 5.92 Å². The van der Waals surface area contributed by atoms with Crippen molar-refractivity contribution in [2.24, 2.45) is 0 Å². The number of para-hydroxylation sites is 1. The summed E-state index contributed by atoms with van der Waals surface area (Å²) in [5.41, 5.74) is 1.13. The number of hydrogen-bond donors (Lipinski definition) is 1. The first kappa shape index (κ1) is 10.6. The molecule has 1 aromatic carbocycles. The molecule has 0 bridgehead atoms. The number of nitrogens with one attached hydrogen (secondary N) is 1. The van der Waals surface area contributed by atoms with Gasteiger partial charge in [0.25, 0.3) is 0 Å². The maximum atomic E-state index is 4.64. The number of benzene rings is 1. The molecule has 0 fully saturated rings. The van der Waals surface area contributed by atoms with E-state index < -0.39 is 0 Å². The predicted octanol–water partition coefficient (Wildman–Crippen LogP) is 3.01. The molecule has 1 heterocycles. The first-order valence-corrected chi connectivity index (χ1v) is 6.19. The molecule has 0 saturated carbocycles. The van der Waals surface area contributed by atoms with E-state index in [-0.39, 0.29) is 0 Å². The number of hydrogen-bond acceptors (Lipinski definition) is 3. The Bertz CT molecular complexity index is 403. The summed E-state index contributed by atoms with van der Waals surface area (Å²) in [7, 11) is 0. The normalized spacial score (nSPS) is 13.2. The van der Waals surface area contributed by atoms with Gasteiger partial charge in [-0.3, -0.25) is 0 Å². The first-order chi connectivity index (χ1) is 7.31. The Morgan fingerprint density at radius 1 is 1.40 bits per heavy atom. The number of aromatic nitrogens is 1. The van der Waals surface area contributed by atoms with Crippen LogP contribution in [0.25, 0.3) is 10.2 Å². The van der Waals surface area contributed by atoms with E-state index in [1.807, 2.05) is 6.07 Å². The average Bonchev–Trinajstić information content (AvgIpc) is 2.69. The van der Waals surface area contributed by atoms with E-state index in [1.54, 1.807) is 11.3 Å². The highest BCUT2D eigenvalue weighted by molar-refractivity contribution is 7.18. The lowest BCUT2D eigenvalue weighted by Gasteiger charge is -2.07. The minimum atomic E-state index is 0.502. The summed E-state index contributed by atoms with van der Waals surface area (Å²) in [4.78, 5) is 4.64. The quantitative estimate of drug-likeness (QED) is 0.856. The first-order valence-electron chi connectivity index (χ1n) is 5.37. The Kier molecular flexibility index (Phi) is 3.34. The molecule has 0 aliphatic heterocycles. The fourth-order valence-electron chi connectivity index (χ4n) is 1.55. The number of likely N-dealkylation sites (N-methyl/N-ethyl adjacent to an activating group) is 1. The van der Waals surface area contributed by atoms with Gasteiger partial charge in [-0.15, -0.1) is 11.3 Å². The number of nitrogens with zero attached hydrogens (tertiary/aromatic N) is 1. The van der Waals surface area contributed by atoms with Crippen molar-refractivity contribution in [2.45, 2.75) is 19.8 Å². The monoisotopic (exact) mass is 220 g/mol. The maximum Gasteiger partial charge on any atom is 0.0979 e. The van der Waals surface area contributed by atoms with Crippen LogP contribution in [-0.4, -0.2) is 18.1 Å². The maximum absolute atomic E-state index is 4.64. The van der Waals surface area contributed by atoms with Crippen LogP contribution >= 0.6 is 11.3 Å². The standard InChI is InChI=1S/C12H16N2S/c1-3-13-8-9(2)12-14-10-6-4-5-7-11(10)15-12/h4-7,9,13H,3,8H2,1-2H3. The average molecular weight is 220 g/mol. The van der Waals surface area contributed by atoms with Gasteiger partial charge in [0.15, 0.2) is 0 Å². The molecule has 1 atom stereocenters. The molecule has 0 aliphatic carbocycles. The lowest BCUT2D eigenvalue weighted by atomic mass is 10.2. The predicted molar refractivity (Wildman–Crippen MR) is 66.6 cm³/mol. The molecule has 0 radical (unpaired) electrons. The Morgan fingerprint density at radius 3 is 2.93 bits per heavy atom. The highest BCUT2D eigenvalue weighted by atomic mass is 32.1. The molecule has 1 aromatic heterocycles. The molecule has 80 valence electrons. The Morgan fingerprint density at radius 2 is 2.20 bits per heavy atom. The molecule has 3 heteroatoms. The number of thiazole rings is 1. The van der Waals surface area contributed by atoms with Crippen LogP contribution in [0.15, 0.2) is 24.3 Å². The molecule has 0 saturated heterocycles. The summed E-state index contributed by atoms with van der Waals surface area (Å²) in [6, 6.07) is 8.33. The van der Waals surface area contributed by atoms with E-state index >= 15 is 0 Å². The van der Waals surface area contributed by atoms with Gasteiger partial charge >= 0.3 is 0 Å². The lowest BCUT2D eigenvalue weighted by molar-refractivity contribution is 0.633. The lowest BCUT2D eigenvalue weighted by Crippen LogP contribution is -2.19. The minimum Gasteiger partial charge on any atom is -0.316 e. The van der Waals surface area contributed by atoms with Crippen molar-refractivity contribution in [3.8, 4) is 0 Å². The van der Waals surface area contributed by atoms with Gasteiger partial charge < -0.3 is 5.32 Å². The van der Waals surface area contributed by atoms with Crippen LogP contribution in [0.2, 0.25) is 0 Å². The molecule has 2 rings (SSSR count). The van der Waals surface area contributed by atoms with Crippen LogP contribution in [0.5, 0.6) is 0 Å². The summed E-state index contributed by atoms with van der Waals surface area (Å²) >= 11 is 1.80. The molecule has 1 unspecified atom stereocenters. The van der Waals surface area contributed by atoms with Crippen molar-refractivity contribution in [1.82, 2.24) is 10.3 Å². The molecular formula is C12H16N2S. The van der Waals surface area contributed by atoms with Crippen LogP contribution in [0.1, 0.15) is 24.8 Å². The van der Waals surface area contributed by atoms with Gasteiger partial charge in [0.05, 0.1) is 15.2 Å². The third-order valence-electron chi connectivity index (χ3n) is 2.43. The van der Waals surface area contributed by atoms with Gasteiger partial charge in [-0.2, -0.15) is 0 Å². The zero-order valence-electron chi connectivity index (χ0n) is 9.16. The summed E-state index contributed by atoms with van der Waals surface area (Å²) < 4.78 is 1.29. The molecule has 2 aromatic rings. The fourth-order valence-corrected chi connectivity index (χ4v) is 2.57. The Balaban J connectivity index is 2.20. The Labute approximate surface area is 94.3 Å². The van der Waals surface area contributed by atoms with Crippen molar-refractivity contribution in [2.75, 3.05) is 13.1 Å². The van der Waals surface area contributed by atoms with Crippen LogP contribution in [0.3, 0.4) is 0 Å². The highest BCUT2D eigenvalue weighted by Crippen LogP contribution is 2.26. The number of fused-ring (bicyclic) bond motifs is 1. The molecule has 0 spiro atoms. The van der Waals surface area contributed by atoms with Crippen molar-refractivity contribution < 1.29 is 0 Å².